The molecule has 2 N–H and O–H groups in total. The molecule has 57 heavy (non-hydrogen) atoms. The van der Waals surface area contributed by atoms with Crippen LogP contribution in [0.5, 0.6) is 0 Å². The van der Waals surface area contributed by atoms with Crippen molar-refractivity contribution in [3.05, 3.63) is 156 Å². The van der Waals surface area contributed by atoms with E-state index in [1.165, 1.54) is 33.7 Å². The number of nitrogens with zero attached hydrogens (tertiary/aromatic N) is 2. The van der Waals surface area contributed by atoms with Crippen molar-refractivity contribution in [2.45, 2.75) is 64.2 Å². The van der Waals surface area contributed by atoms with Crippen LogP contribution in [-0.4, -0.2) is 53.1 Å². The number of unbranched alkanes of at least 4 members (excludes halogenated alkanes) is 2. The van der Waals surface area contributed by atoms with E-state index in [1.54, 1.807) is 0 Å². The molecule has 2 aliphatic heterocycles. The van der Waals surface area contributed by atoms with Crippen molar-refractivity contribution in [3.63, 3.8) is 0 Å². The minimum absolute atomic E-state index is 0.221. The molecule has 4 aromatic rings. The molecule has 0 saturated carbocycles. The Hall–Kier alpha value is -4.55. The van der Waals surface area contributed by atoms with Crippen LogP contribution in [0.1, 0.15) is 64.5 Å². The summed E-state index contributed by atoms with van der Waals surface area (Å²) in [6.07, 6.45) is 17.5. The van der Waals surface area contributed by atoms with Crippen LogP contribution in [0.3, 0.4) is 0 Å². The standard InChI is InChI=1S/C47H52N2O6S2/c1-46(2)40-34-38(36-20-10-8-11-21-36)26-28-42(40)48(30-16-18-32-56-55-54-50)44(46)24-14-6-5-7-15-25-45-47(3,4)41-35-39(37-22-12-9-13-23-37)27-29-43(41)49(45)31-17-19-33-57(51,52)53/h5-15,20-29,34-35H,16-19,30-33H2,1-4H3,(H-,50,51,52,53)/p+1. The second-order valence-corrected chi connectivity index (χ2v) is 17.8. The first-order chi connectivity index (χ1) is 27.4. The molecule has 0 aliphatic carbocycles. The van der Waals surface area contributed by atoms with Gasteiger partial charge < -0.3 is 4.90 Å². The maximum absolute atomic E-state index is 11.4. The molecular weight excluding hydrogens is 753 g/mol. The first kappa shape index (κ1) is 42.1. The smallest absolute Gasteiger partial charge is 0.264 e. The number of hydrogen-bond acceptors (Lipinski definition) is 7. The highest BCUT2D eigenvalue weighted by Gasteiger charge is 2.44. The molecule has 0 bridgehead atoms. The second kappa shape index (κ2) is 18.8. The Morgan fingerprint density at radius 1 is 0.719 bits per heavy atom. The van der Waals surface area contributed by atoms with Crippen LogP contribution < -0.4 is 4.90 Å². The monoisotopic (exact) mass is 805 g/mol. The summed E-state index contributed by atoms with van der Waals surface area (Å²) in [5.74, 6) is 0.462. The van der Waals surface area contributed by atoms with E-state index in [9.17, 15) is 13.0 Å². The number of hydrogen-bond donors (Lipinski definition) is 2. The maximum Gasteiger partial charge on any atom is 0.264 e. The number of rotatable bonds is 18. The van der Waals surface area contributed by atoms with Gasteiger partial charge in [-0.05, 0) is 91.3 Å². The van der Waals surface area contributed by atoms with Crippen molar-refractivity contribution in [2.24, 2.45) is 0 Å². The molecule has 2 aliphatic rings. The SMILES string of the molecule is CC1(C)C(/C=C/C=C/C=C/C=C2/N(CCCCS(=O)(=O)O)c3ccc(-c4ccccc4)cc3C2(C)C)=[N+](CCCCSOOO)c2ccc(-c3ccccc3)cc21. The zero-order valence-electron chi connectivity index (χ0n) is 33.2. The van der Waals surface area contributed by atoms with Gasteiger partial charge in [0.2, 0.25) is 5.69 Å². The minimum atomic E-state index is -4.01. The van der Waals surface area contributed by atoms with Crippen molar-refractivity contribution in [3.8, 4) is 22.3 Å². The third-order valence-electron chi connectivity index (χ3n) is 10.9. The van der Waals surface area contributed by atoms with Gasteiger partial charge >= 0.3 is 0 Å². The van der Waals surface area contributed by atoms with Crippen LogP contribution in [0, 0.1) is 0 Å². The van der Waals surface area contributed by atoms with E-state index < -0.39 is 10.1 Å². The average Bonchev–Trinajstić information content (AvgIpc) is 3.54. The van der Waals surface area contributed by atoms with Crippen molar-refractivity contribution < 1.29 is 32.2 Å². The van der Waals surface area contributed by atoms with Gasteiger partial charge in [0.25, 0.3) is 10.1 Å². The van der Waals surface area contributed by atoms with E-state index in [0.29, 0.717) is 25.1 Å². The summed E-state index contributed by atoms with van der Waals surface area (Å²) in [5, 5.41) is 12.2. The third kappa shape index (κ3) is 10.1. The van der Waals surface area contributed by atoms with Crippen molar-refractivity contribution >= 4 is 39.2 Å². The lowest BCUT2D eigenvalue weighted by Gasteiger charge is -2.27. The molecule has 0 amide bonds. The lowest BCUT2D eigenvalue weighted by atomic mass is 9.80. The zero-order valence-corrected chi connectivity index (χ0v) is 34.8. The molecule has 6 rings (SSSR count). The normalized spacial score (nSPS) is 16.8. The lowest BCUT2D eigenvalue weighted by Crippen LogP contribution is -2.28. The first-order valence-electron chi connectivity index (χ1n) is 19.5. The van der Waals surface area contributed by atoms with Gasteiger partial charge in [0.15, 0.2) is 5.71 Å². The Bertz CT molecular complexity index is 2280. The Morgan fingerprint density at radius 3 is 2.02 bits per heavy atom. The fourth-order valence-electron chi connectivity index (χ4n) is 7.98. The van der Waals surface area contributed by atoms with Gasteiger partial charge in [0, 0.05) is 65.3 Å². The summed E-state index contributed by atoms with van der Waals surface area (Å²) in [5.41, 5.74) is 11.4. The molecule has 10 heteroatoms. The Labute approximate surface area is 342 Å². The van der Waals surface area contributed by atoms with Crippen LogP contribution in [0.25, 0.3) is 22.3 Å². The van der Waals surface area contributed by atoms with E-state index in [4.69, 9.17) is 5.26 Å². The van der Waals surface area contributed by atoms with Gasteiger partial charge in [-0.15, -0.1) is 4.33 Å². The Morgan fingerprint density at radius 2 is 1.35 bits per heavy atom. The predicted molar refractivity (Wildman–Crippen MR) is 235 cm³/mol. The first-order valence-corrected chi connectivity index (χ1v) is 22.0. The second-order valence-electron chi connectivity index (χ2n) is 15.5. The van der Waals surface area contributed by atoms with E-state index in [1.807, 2.05) is 36.4 Å². The van der Waals surface area contributed by atoms with Gasteiger partial charge in [0.05, 0.1) is 11.2 Å². The van der Waals surface area contributed by atoms with Gasteiger partial charge in [0.1, 0.15) is 6.54 Å². The van der Waals surface area contributed by atoms with E-state index in [0.717, 1.165) is 53.9 Å². The number of anilines is 1. The van der Waals surface area contributed by atoms with E-state index >= 15 is 0 Å². The highest BCUT2D eigenvalue weighted by molar-refractivity contribution is 7.94. The summed E-state index contributed by atoms with van der Waals surface area (Å²) in [6, 6.07) is 34.2. The van der Waals surface area contributed by atoms with E-state index in [2.05, 4.69) is 150 Å². The molecule has 0 atom stereocenters. The molecule has 0 spiro atoms. The largest absolute Gasteiger partial charge is 0.344 e. The van der Waals surface area contributed by atoms with Crippen LogP contribution in [0.2, 0.25) is 0 Å². The quantitative estimate of drug-likeness (QED) is 0.0195. The molecule has 0 saturated heterocycles. The highest BCUT2D eigenvalue weighted by atomic mass is 32.2. The highest BCUT2D eigenvalue weighted by Crippen LogP contribution is 2.49. The van der Waals surface area contributed by atoms with Gasteiger partial charge in [-0.3, -0.25) is 4.55 Å². The number of benzene rings is 4. The van der Waals surface area contributed by atoms with Crippen LogP contribution in [0.15, 0.2) is 145 Å². The summed E-state index contributed by atoms with van der Waals surface area (Å²) >= 11 is 1.09. The minimum Gasteiger partial charge on any atom is -0.344 e. The van der Waals surface area contributed by atoms with Crippen LogP contribution in [-0.2, 0) is 30.3 Å². The summed E-state index contributed by atoms with van der Waals surface area (Å²) in [6.45, 7) is 10.5. The molecule has 0 radical (unpaired) electrons. The molecule has 4 aromatic carbocycles. The molecule has 0 unspecified atom stereocenters. The number of fused-ring (bicyclic) bond motifs is 2. The summed E-state index contributed by atoms with van der Waals surface area (Å²) < 4.78 is 39.2. The topological polar surface area (TPSA) is 99.3 Å². The molecule has 0 fully saturated rings. The van der Waals surface area contributed by atoms with E-state index in [-0.39, 0.29) is 16.6 Å². The Balaban J connectivity index is 1.22. The molecule has 0 aromatic heterocycles. The predicted octanol–water partition coefficient (Wildman–Crippen LogP) is 11.3. The molecule has 2 heterocycles. The molecule has 298 valence electrons. The third-order valence-corrected chi connectivity index (χ3v) is 12.3. The summed E-state index contributed by atoms with van der Waals surface area (Å²) in [4.78, 5) is 2.29. The van der Waals surface area contributed by atoms with Crippen molar-refractivity contribution in [1.82, 2.24) is 0 Å². The number of allylic oxidation sites excluding steroid dienone is 8. The van der Waals surface area contributed by atoms with Gasteiger partial charge in [-0.1, -0.05) is 116 Å². The molecular formula is C47H53N2O6S2+. The van der Waals surface area contributed by atoms with Gasteiger partial charge in [-0.2, -0.15) is 13.0 Å². The fourth-order valence-corrected chi connectivity index (χ4v) is 8.98. The lowest BCUT2D eigenvalue weighted by molar-refractivity contribution is -0.438. The average molecular weight is 806 g/mol. The molecule has 8 nitrogen and oxygen atoms in total. The van der Waals surface area contributed by atoms with Crippen LogP contribution in [0.4, 0.5) is 11.4 Å². The maximum atomic E-state index is 11.4. The van der Waals surface area contributed by atoms with Crippen molar-refractivity contribution in [1.29, 1.82) is 0 Å². The Kier molecular flexibility index (Phi) is 13.9. The fraction of sp³-hybridized carbons (Fsp3) is 0.298. The zero-order chi connectivity index (χ0) is 40.5. The summed E-state index contributed by atoms with van der Waals surface area (Å²) in [7, 11) is -4.01. The van der Waals surface area contributed by atoms with Crippen LogP contribution >= 0.6 is 12.0 Å². The van der Waals surface area contributed by atoms with Gasteiger partial charge in [-0.25, -0.2) is 5.26 Å². The van der Waals surface area contributed by atoms with Crippen molar-refractivity contribution in [2.75, 3.05) is 29.5 Å².